The molecule has 0 fully saturated rings. The first-order valence-corrected chi connectivity index (χ1v) is 21.0. The number of unbranched alkanes of at least 4 members (excludes halogenated alkanes) is 24. The first kappa shape index (κ1) is 45.8. The van der Waals surface area contributed by atoms with Crippen LogP contribution in [0.15, 0.2) is 12.2 Å². The van der Waals surface area contributed by atoms with Crippen LogP contribution in [-0.4, -0.2) is 41.0 Å². The van der Waals surface area contributed by atoms with Gasteiger partial charge in [0.05, 0.1) is 6.61 Å². The highest BCUT2D eigenvalue weighted by atomic mass is 31.2. The Morgan fingerprint density at radius 1 is 0.532 bits per heavy atom. The van der Waals surface area contributed by atoms with Crippen LogP contribution < -0.4 is 0 Å². The van der Waals surface area contributed by atoms with Crippen molar-refractivity contribution in [3.63, 3.8) is 0 Å². The van der Waals surface area contributed by atoms with E-state index in [0.717, 1.165) is 51.4 Å². The molecule has 0 saturated carbocycles. The van der Waals surface area contributed by atoms with Crippen LogP contribution in [0, 0.1) is 0 Å². The van der Waals surface area contributed by atoms with Crippen molar-refractivity contribution in [3.8, 4) is 0 Å². The lowest BCUT2D eigenvalue weighted by molar-refractivity contribution is -0.161. The second kappa shape index (κ2) is 34.6. The molecule has 1 atom stereocenters. The first-order chi connectivity index (χ1) is 22.8. The van der Waals surface area contributed by atoms with Crippen molar-refractivity contribution in [2.75, 3.05) is 13.2 Å². The first-order valence-electron chi connectivity index (χ1n) is 19.5. The van der Waals surface area contributed by atoms with E-state index < -0.39 is 32.5 Å². The second-order valence-electron chi connectivity index (χ2n) is 13.3. The minimum atomic E-state index is -4.75. The van der Waals surface area contributed by atoms with Crippen LogP contribution in [0.3, 0.4) is 0 Å². The van der Waals surface area contributed by atoms with E-state index in [1.165, 1.54) is 116 Å². The molecule has 0 bridgehead atoms. The minimum Gasteiger partial charge on any atom is -0.462 e. The van der Waals surface area contributed by atoms with Crippen molar-refractivity contribution >= 4 is 19.8 Å². The molecule has 0 rings (SSSR count). The highest BCUT2D eigenvalue weighted by molar-refractivity contribution is 7.46. The molecule has 0 aromatic carbocycles. The van der Waals surface area contributed by atoms with E-state index in [1.54, 1.807) is 0 Å². The lowest BCUT2D eigenvalue weighted by atomic mass is 10.0. The van der Waals surface area contributed by atoms with Gasteiger partial charge in [-0.2, -0.15) is 0 Å². The van der Waals surface area contributed by atoms with E-state index in [1.807, 2.05) is 0 Å². The molecular formula is C38H73O8P. The van der Waals surface area contributed by atoms with Gasteiger partial charge in [-0.1, -0.05) is 161 Å². The third-order valence-electron chi connectivity index (χ3n) is 8.53. The molecule has 0 saturated heterocycles. The zero-order chi connectivity index (χ0) is 34.7. The van der Waals surface area contributed by atoms with Crippen molar-refractivity contribution in [2.45, 2.75) is 206 Å². The Labute approximate surface area is 288 Å². The average Bonchev–Trinajstić information content (AvgIpc) is 3.03. The summed E-state index contributed by atoms with van der Waals surface area (Å²) in [4.78, 5) is 42.7. The summed E-state index contributed by atoms with van der Waals surface area (Å²) in [5, 5.41) is 0. The number of ether oxygens (including phenoxy) is 2. The molecule has 0 radical (unpaired) electrons. The Kier molecular flexibility index (Phi) is 33.8. The van der Waals surface area contributed by atoms with Crippen LogP contribution in [0.1, 0.15) is 200 Å². The molecular weight excluding hydrogens is 615 g/mol. The smallest absolute Gasteiger partial charge is 0.462 e. The molecule has 0 unspecified atom stereocenters. The van der Waals surface area contributed by atoms with Gasteiger partial charge in [0.1, 0.15) is 6.61 Å². The van der Waals surface area contributed by atoms with Gasteiger partial charge in [-0.15, -0.1) is 0 Å². The number of allylic oxidation sites excluding steroid dienone is 2. The maximum absolute atomic E-state index is 12.3. The molecule has 2 N–H and O–H groups in total. The molecule has 0 amide bonds. The van der Waals surface area contributed by atoms with Gasteiger partial charge in [-0.25, -0.2) is 4.57 Å². The monoisotopic (exact) mass is 689 g/mol. The number of phosphoric acid groups is 1. The second-order valence-corrected chi connectivity index (χ2v) is 14.5. The lowest BCUT2D eigenvalue weighted by Crippen LogP contribution is -2.29. The molecule has 0 heterocycles. The van der Waals surface area contributed by atoms with Gasteiger partial charge in [0.15, 0.2) is 6.10 Å². The Morgan fingerprint density at radius 3 is 1.30 bits per heavy atom. The number of rotatable bonds is 36. The third kappa shape index (κ3) is 37.5. The topological polar surface area (TPSA) is 119 Å². The fourth-order valence-corrected chi connectivity index (χ4v) is 5.96. The minimum absolute atomic E-state index is 0.206. The van der Waals surface area contributed by atoms with Crippen molar-refractivity contribution in [1.82, 2.24) is 0 Å². The van der Waals surface area contributed by atoms with E-state index in [4.69, 9.17) is 19.3 Å². The molecule has 8 nitrogen and oxygen atoms in total. The number of esters is 2. The highest BCUT2D eigenvalue weighted by Gasteiger charge is 2.22. The van der Waals surface area contributed by atoms with Crippen molar-refractivity contribution in [3.05, 3.63) is 12.2 Å². The van der Waals surface area contributed by atoms with Crippen molar-refractivity contribution in [2.24, 2.45) is 0 Å². The van der Waals surface area contributed by atoms with E-state index in [-0.39, 0.29) is 19.4 Å². The quantitative estimate of drug-likeness (QED) is 0.0289. The summed E-state index contributed by atoms with van der Waals surface area (Å²) < 4.78 is 26.3. The predicted molar refractivity (Wildman–Crippen MR) is 193 cm³/mol. The van der Waals surface area contributed by atoms with Gasteiger partial charge in [0, 0.05) is 12.8 Å². The van der Waals surface area contributed by atoms with E-state index in [2.05, 4.69) is 30.5 Å². The van der Waals surface area contributed by atoms with Gasteiger partial charge in [-0.05, 0) is 38.5 Å². The van der Waals surface area contributed by atoms with Gasteiger partial charge < -0.3 is 19.3 Å². The molecule has 0 aliphatic rings. The van der Waals surface area contributed by atoms with Gasteiger partial charge in [0.25, 0.3) is 0 Å². The fraction of sp³-hybridized carbons (Fsp3) is 0.895. The molecule has 0 aliphatic carbocycles. The molecule has 0 aliphatic heterocycles. The Morgan fingerprint density at radius 2 is 0.894 bits per heavy atom. The summed E-state index contributed by atoms with van der Waals surface area (Å²) >= 11 is 0. The number of hydrogen-bond acceptors (Lipinski definition) is 6. The maximum atomic E-state index is 12.3. The zero-order valence-electron chi connectivity index (χ0n) is 30.4. The molecule has 0 aromatic rings. The number of phosphoric ester groups is 1. The zero-order valence-corrected chi connectivity index (χ0v) is 31.3. The number of carbonyl (C=O) groups excluding carboxylic acids is 2. The fourth-order valence-electron chi connectivity index (χ4n) is 5.60. The van der Waals surface area contributed by atoms with Crippen LogP contribution in [0.25, 0.3) is 0 Å². The van der Waals surface area contributed by atoms with Crippen LogP contribution >= 0.6 is 7.82 Å². The average molecular weight is 689 g/mol. The summed E-state index contributed by atoms with van der Waals surface area (Å²) in [5.74, 6) is -0.886. The lowest BCUT2D eigenvalue weighted by Gasteiger charge is -2.18. The Hall–Kier alpha value is -1.21. The summed E-state index contributed by atoms with van der Waals surface area (Å²) in [6, 6.07) is 0. The van der Waals surface area contributed by atoms with Crippen LogP contribution in [0.5, 0.6) is 0 Å². The highest BCUT2D eigenvalue weighted by Crippen LogP contribution is 2.36. The maximum Gasteiger partial charge on any atom is 0.469 e. The molecule has 9 heteroatoms. The van der Waals surface area contributed by atoms with E-state index in [9.17, 15) is 14.2 Å². The summed E-state index contributed by atoms with van der Waals surface area (Å²) in [5.41, 5.74) is 0. The van der Waals surface area contributed by atoms with Crippen LogP contribution in [0.4, 0.5) is 0 Å². The van der Waals surface area contributed by atoms with E-state index >= 15 is 0 Å². The standard InChI is InChI=1S/C38H73O8P/c1-3-5-7-9-11-13-15-17-19-21-22-24-26-28-30-32-37(39)44-34-36(35-45-47(41,42)43)46-38(40)33-31-29-27-25-23-20-18-16-14-12-10-8-6-4-2/h16,18,36H,3-15,17,19-35H2,1-2H3,(H2,41,42,43)/b18-16+/t36-/m1/s1. The van der Waals surface area contributed by atoms with Gasteiger partial charge >= 0.3 is 19.8 Å². The van der Waals surface area contributed by atoms with Crippen molar-refractivity contribution in [1.29, 1.82) is 0 Å². The molecule has 47 heavy (non-hydrogen) atoms. The summed E-state index contributed by atoms with van der Waals surface area (Å²) in [7, 11) is -4.75. The predicted octanol–water partition coefficient (Wildman–Crippen LogP) is 11.5. The van der Waals surface area contributed by atoms with Gasteiger partial charge in [-0.3, -0.25) is 14.1 Å². The SMILES string of the molecule is CCCCCCC/C=C/CCCCCCCC(=O)O[C@H](COC(=O)CCCCCCCCCCCCCCCCC)COP(=O)(O)O. The number of carbonyl (C=O) groups is 2. The Balaban J connectivity index is 3.93. The van der Waals surface area contributed by atoms with Gasteiger partial charge in [0.2, 0.25) is 0 Å². The summed E-state index contributed by atoms with van der Waals surface area (Å²) in [6.45, 7) is 3.68. The van der Waals surface area contributed by atoms with Crippen molar-refractivity contribution < 1.29 is 37.9 Å². The normalized spacial score (nSPS) is 12.5. The van der Waals surface area contributed by atoms with E-state index in [0.29, 0.717) is 6.42 Å². The largest absolute Gasteiger partial charge is 0.469 e. The molecule has 278 valence electrons. The molecule has 0 spiro atoms. The Bertz CT molecular complexity index is 782. The molecule has 0 aromatic heterocycles. The number of hydrogen-bond donors (Lipinski definition) is 2. The summed E-state index contributed by atoms with van der Waals surface area (Å²) in [6.07, 6.45) is 36.4. The third-order valence-corrected chi connectivity index (χ3v) is 9.02. The van der Waals surface area contributed by atoms with Crippen LogP contribution in [0.2, 0.25) is 0 Å². The van der Waals surface area contributed by atoms with Crippen LogP contribution in [-0.2, 0) is 28.2 Å².